The van der Waals surface area contributed by atoms with E-state index in [2.05, 4.69) is 21.2 Å². The number of carbonyl (C=O) groups excluding carboxylic acids is 1. The molecule has 70 valence electrons. The summed E-state index contributed by atoms with van der Waals surface area (Å²) in [6, 6.07) is 0. The van der Waals surface area contributed by atoms with Crippen LogP contribution in [0.2, 0.25) is 0 Å². The molecule has 0 unspecified atom stereocenters. The Morgan fingerprint density at radius 1 is 1.42 bits per heavy atom. The van der Waals surface area contributed by atoms with E-state index >= 15 is 0 Å². The molecule has 0 heterocycles. The number of hydrogen-bond acceptors (Lipinski definition) is 1. The Bertz CT molecular complexity index is 145. The molecule has 3 heteroatoms. The van der Waals surface area contributed by atoms with Crippen molar-refractivity contribution in [3.05, 3.63) is 0 Å². The average Bonchev–Trinajstić information content (AvgIpc) is 2.84. The normalized spacial score (nSPS) is 16.1. The van der Waals surface area contributed by atoms with Gasteiger partial charge in [-0.2, -0.15) is 0 Å². The Morgan fingerprint density at radius 2 is 2.17 bits per heavy atom. The van der Waals surface area contributed by atoms with Crippen molar-refractivity contribution in [2.24, 2.45) is 5.92 Å². The van der Waals surface area contributed by atoms with Gasteiger partial charge in [0.25, 0.3) is 0 Å². The molecule has 0 aromatic heterocycles. The third kappa shape index (κ3) is 4.75. The third-order valence-electron chi connectivity index (χ3n) is 2.07. The van der Waals surface area contributed by atoms with Gasteiger partial charge >= 0.3 is 0 Å². The van der Waals surface area contributed by atoms with Gasteiger partial charge in [-0.15, -0.1) is 0 Å². The van der Waals surface area contributed by atoms with Gasteiger partial charge in [0.2, 0.25) is 5.91 Å². The highest BCUT2D eigenvalue weighted by Crippen LogP contribution is 2.27. The Labute approximate surface area is 82.2 Å². The minimum Gasteiger partial charge on any atom is -0.356 e. The number of alkyl halides is 1. The zero-order chi connectivity index (χ0) is 8.81. The second-order valence-electron chi connectivity index (χ2n) is 3.39. The summed E-state index contributed by atoms with van der Waals surface area (Å²) in [6.45, 7) is 0.910. The van der Waals surface area contributed by atoms with E-state index in [4.69, 9.17) is 0 Å². The lowest BCUT2D eigenvalue weighted by molar-refractivity contribution is -0.121. The van der Waals surface area contributed by atoms with E-state index in [1.54, 1.807) is 0 Å². The molecule has 0 bridgehead atoms. The summed E-state index contributed by atoms with van der Waals surface area (Å²) in [7, 11) is 0. The van der Waals surface area contributed by atoms with E-state index in [1.807, 2.05) is 0 Å². The van der Waals surface area contributed by atoms with Gasteiger partial charge in [0, 0.05) is 18.3 Å². The minimum atomic E-state index is 0.225. The highest BCUT2D eigenvalue weighted by atomic mass is 79.9. The molecule has 0 saturated heterocycles. The van der Waals surface area contributed by atoms with Crippen molar-refractivity contribution in [1.29, 1.82) is 0 Å². The zero-order valence-electron chi connectivity index (χ0n) is 7.31. The zero-order valence-corrected chi connectivity index (χ0v) is 8.90. The highest BCUT2D eigenvalue weighted by Gasteiger charge is 2.21. The molecule has 0 radical (unpaired) electrons. The number of nitrogens with one attached hydrogen (secondary N) is 1. The summed E-state index contributed by atoms with van der Waals surface area (Å²) in [4.78, 5) is 11.1. The smallest absolute Gasteiger partial charge is 0.220 e. The first kappa shape index (κ1) is 10.0. The fourth-order valence-electron chi connectivity index (χ4n) is 1.05. The van der Waals surface area contributed by atoms with Crippen LogP contribution in [0.25, 0.3) is 0 Å². The van der Waals surface area contributed by atoms with Crippen LogP contribution in [0, 0.1) is 5.92 Å². The Morgan fingerprint density at radius 3 is 2.75 bits per heavy atom. The lowest BCUT2D eigenvalue weighted by Gasteiger charge is -2.02. The largest absolute Gasteiger partial charge is 0.356 e. The Hall–Kier alpha value is -0.0500. The van der Waals surface area contributed by atoms with Crippen LogP contribution in [0.5, 0.6) is 0 Å². The maximum atomic E-state index is 11.1. The summed E-state index contributed by atoms with van der Waals surface area (Å²) in [5.41, 5.74) is 0. The number of amides is 1. The van der Waals surface area contributed by atoms with Gasteiger partial charge in [0.15, 0.2) is 0 Å². The topological polar surface area (TPSA) is 29.1 Å². The van der Waals surface area contributed by atoms with Gasteiger partial charge < -0.3 is 5.32 Å². The molecule has 12 heavy (non-hydrogen) atoms. The van der Waals surface area contributed by atoms with Crippen LogP contribution < -0.4 is 5.32 Å². The van der Waals surface area contributed by atoms with Crippen LogP contribution in [-0.4, -0.2) is 17.8 Å². The van der Waals surface area contributed by atoms with Gasteiger partial charge in [0.05, 0.1) is 0 Å². The summed E-state index contributed by atoms with van der Waals surface area (Å²) in [6.07, 6.45) is 5.40. The summed E-state index contributed by atoms with van der Waals surface area (Å²) >= 11 is 3.34. The molecule has 1 aliphatic carbocycles. The standard InChI is InChI=1S/C9H16BrNO/c10-6-2-1-3-9(12)11-7-8-4-5-8/h8H,1-7H2,(H,11,12). The van der Waals surface area contributed by atoms with Crippen molar-refractivity contribution in [1.82, 2.24) is 5.32 Å². The van der Waals surface area contributed by atoms with Crippen molar-refractivity contribution < 1.29 is 4.79 Å². The molecular weight excluding hydrogens is 218 g/mol. The van der Waals surface area contributed by atoms with E-state index in [-0.39, 0.29) is 5.91 Å². The van der Waals surface area contributed by atoms with Crippen LogP contribution in [0.3, 0.4) is 0 Å². The molecule has 0 spiro atoms. The van der Waals surface area contributed by atoms with Crippen molar-refractivity contribution in [2.75, 3.05) is 11.9 Å². The van der Waals surface area contributed by atoms with Crippen LogP contribution in [0.1, 0.15) is 32.1 Å². The average molecular weight is 234 g/mol. The van der Waals surface area contributed by atoms with E-state index in [0.717, 1.165) is 30.6 Å². The van der Waals surface area contributed by atoms with E-state index in [0.29, 0.717) is 6.42 Å². The highest BCUT2D eigenvalue weighted by molar-refractivity contribution is 9.09. The van der Waals surface area contributed by atoms with Crippen molar-refractivity contribution in [3.8, 4) is 0 Å². The van der Waals surface area contributed by atoms with Crippen molar-refractivity contribution in [3.63, 3.8) is 0 Å². The van der Waals surface area contributed by atoms with Crippen LogP contribution in [-0.2, 0) is 4.79 Å². The molecule has 1 aliphatic rings. The Kier molecular flexibility index (Phi) is 4.66. The predicted octanol–water partition coefficient (Wildman–Crippen LogP) is 2.08. The minimum absolute atomic E-state index is 0.225. The Balaban J connectivity index is 1.88. The first-order valence-electron chi connectivity index (χ1n) is 4.65. The molecule has 0 atom stereocenters. The van der Waals surface area contributed by atoms with E-state index in [1.165, 1.54) is 12.8 Å². The van der Waals surface area contributed by atoms with Gasteiger partial charge in [0.1, 0.15) is 0 Å². The van der Waals surface area contributed by atoms with Crippen molar-refractivity contribution in [2.45, 2.75) is 32.1 Å². The van der Waals surface area contributed by atoms with E-state index < -0.39 is 0 Å². The SMILES string of the molecule is O=C(CCCCBr)NCC1CC1. The monoisotopic (exact) mass is 233 g/mol. The summed E-state index contributed by atoms with van der Waals surface area (Å²) in [5.74, 6) is 1.02. The quantitative estimate of drug-likeness (QED) is 0.553. The fourth-order valence-corrected chi connectivity index (χ4v) is 1.45. The first-order chi connectivity index (χ1) is 5.83. The second-order valence-corrected chi connectivity index (χ2v) is 4.19. The number of carbonyl (C=O) groups is 1. The lowest BCUT2D eigenvalue weighted by Crippen LogP contribution is -2.25. The second kappa shape index (κ2) is 5.57. The molecule has 1 rings (SSSR count). The molecule has 1 saturated carbocycles. The molecule has 2 nitrogen and oxygen atoms in total. The molecule has 1 fully saturated rings. The van der Waals surface area contributed by atoms with Gasteiger partial charge in [-0.1, -0.05) is 15.9 Å². The van der Waals surface area contributed by atoms with Crippen molar-refractivity contribution >= 4 is 21.8 Å². The van der Waals surface area contributed by atoms with Gasteiger partial charge in [-0.05, 0) is 31.6 Å². The fraction of sp³-hybridized carbons (Fsp3) is 0.889. The number of unbranched alkanes of at least 4 members (excludes halogenated alkanes) is 1. The van der Waals surface area contributed by atoms with E-state index in [9.17, 15) is 4.79 Å². The van der Waals surface area contributed by atoms with Gasteiger partial charge in [-0.3, -0.25) is 4.79 Å². The molecular formula is C9H16BrNO. The summed E-state index contributed by atoms with van der Waals surface area (Å²) in [5, 5.41) is 3.95. The van der Waals surface area contributed by atoms with Gasteiger partial charge in [-0.25, -0.2) is 0 Å². The number of halogens is 1. The number of hydrogen-bond donors (Lipinski definition) is 1. The lowest BCUT2D eigenvalue weighted by atomic mass is 10.2. The maximum absolute atomic E-state index is 11.1. The molecule has 0 aliphatic heterocycles. The molecule has 0 aromatic carbocycles. The molecule has 0 aromatic rings. The summed E-state index contributed by atoms with van der Waals surface area (Å²) < 4.78 is 0. The first-order valence-corrected chi connectivity index (χ1v) is 5.77. The third-order valence-corrected chi connectivity index (χ3v) is 2.63. The number of rotatable bonds is 6. The van der Waals surface area contributed by atoms with Crippen LogP contribution in [0.15, 0.2) is 0 Å². The molecule has 1 amide bonds. The maximum Gasteiger partial charge on any atom is 0.220 e. The van der Waals surface area contributed by atoms with Crippen LogP contribution in [0.4, 0.5) is 0 Å². The predicted molar refractivity (Wildman–Crippen MR) is 53.4 cm³/mol. The molecule has 1 N–H and O–H groups in total. The van der Waals surface area contributed by atoms with Crippen LogP contribution >= 0.6 is 15.9 Å².